The number of rotatable bonds is 4. The summed E-state index contributed by atoms with van der Waals surface area (Å²) in [4.78, 5) is 22.1. The van der Waals surface area contributed by atoms with Crippen molar-refractivity contribution in [2.24, 2.45) is 5.73 Å². The summed E-state index contributed by atoms with van der Waals surface area (Å²) < 4.78 is 25.0. The fourth-order valence-electron chi connectivity index (χ4n) is 1.53. The van der Waals surface area contributed by atoms with Gasteiger partial charge in [-0.1, -0.05) is 19.1 Å². The summed E-state index contributed by atoms with van der Waals surface area (Å²) in [6.07, 6.45) is 0.198. The van der Waals surface area contributed by atoms with Gasteiger partial charge >= 0.3 is 0 Å². The maximum atomic E-state index is 12.1. The molecule has 0 saturated carbocycles. The Morgan fingerprint density at radius 1 is 1.47 bits per heavy atom. The van der Waals surface area contributed by atoms with E-state index < -0.39 is 27.1 Å². The molecule has 1 rings (SSSR count). The van der Waals surface area contributed by atoms with Crippen LogP contribution in [0.5, 0.6) is 0 Å². The number of nitrogens with two attached hydrogens (primary N) is 1. The van der Waals surface area contributed by atoms with Gasteiger partial charge in [0.05, 0.1) is 18.1 Å². The van der Waals surface area contributed by atoms with Crippen molar-refractivity contribution >= 4 is 39.0 Å². The van der Waals surface area contributed by atoms with Crippen LogP contribution in [0.2, 0.25) is 0 Å². The molecule has 0 radical (unpaired) electrons. The maximum Gasteiger partial charge on any atom is 0.241 e. The van der Waals surface area contributed by atoms with E-state index >= 15 is 0 Å². The first-order valence-electron chi connectivity index (χ1n) is 4.90. The second-order valence-corrected chi connectivity index (χ2v) is 6.17. The molecule has 0 aromatic rings. The number of amides is 2. The molecule has 17 heavy (non-hydrogen) atoms. The molecule has 96 valence electrons. The van der Waals surface area contributed by atoms with E-state index in [0.717, 1.165) is 4.31 Å². The lowest BCUT2D eigenvalue weighted by Crippen LogP contribution is -2.56. The lowest BCUT2D eigenvalue weighted by atomic mass is 10.3. The van der Waals surface area contributed by atoms with Crippen LogP contribution in [-0.2, 0) is 19.6 Å². The second-order valence-electron chi connectivity index (χ2n) is 3.58. The zero-order chi connectivity index (χ0) is 13.2. The third-order valence-corrected chi connectivity index (χ3v) is 5.04. The van der Waals surface area contributed by atoms with Crippen LogP contribution in [0.1, 0.15) is 13.3 Å². The second kappa shape index (κ2) is 5.07. The average molecular weight is 279 g/mol. The monoisotopic (exact) mass is 279 g/mol. The van der Waals surface area contributed by atoms with Crippen LogP contribution >= 0.6 is 12.2 Å². The van der Waals surface area contributed by atoms with Crippen LogP contribution in [0.15, 0.2) is 0 Å². The summed E-state index contributed by atoms with van der Waals surface area (Å²) in [6, 6.07) is 0. The molecule has 0 bridgehead atoms. The summed E-state index contributed by atoms with van der Waals surface area (Å²) >= 11 is 4.68. The van der Waals surface area contributed by atoms with Gasteiger partial charge in [0.15, 0.2) is 0 Å². The Hall–Kier alpha value is -1.06. The van der Waals surface area contributed by atoms with E-state index in [1.807, 2.05) is 5.32 Å². The van der Waals surface area contributed by atoms with E-state index in [4.69, 9.17) is 5.73 Å². The van der Waals surface area contributed by atoms with E-state index in [2.05, 4.69) is 12.2 Å². The van der Waals surface area contributed by atoms with Gasteiger partial charge in [-0.25, -0.2) is 8.42 Å². The number of imide groups is 1. The van der Waals surface area contributed by atoms with Crippen LogP contribution < -0.4 is 11.1 Å². The number of piperazine rings is 1. The fraction of sp³-hybridized carbons (Fsp3) is 0.625. The molecule has 1 atom stereocenters. The van der Waals surface area contributed by atoms with E-state index in [1.54, 1.807) is 6.92 Å². The fourth-order valence-corrected chi connectivity index (χ4v) is 3.73. The smallest absolute Gasteiger partial charge is 0.241 e. The molecule has 1 saturated heterocycles. The van der Waals surface area contributed by atoms with Crippen molar-refractivity contribution in [3.63, 3.8) is 0 Å². The topological polar surface area (TPSA) is 110 Å². The lowest BCUT2D eigenvalue weighted by molar-refractivity contribution is -0.134. The third kappa shape index (κ3) is 2.99. The molecule has 0 spiro atoms. The molecule has 7 nitrogen and oxygen atoms in total. The van der Waals surface area contributed by atoms with Gasteiger partial charge in [-0.3, -0.25) is 14.9 Å². The molecular formula is C8H13N3O4S2. The Morgan fingerprint density at radius 3 is 2.29 bits per heavy atom. The summed E-state index contributed by atoms with van der Waals surface area (Å²) in [5.41, 5.74) is 5.35. The van der Waals surface area contributed by atoms with Crippen molar-refractivity contribution in [1.29, 1.82) is 0 Å². The third-order valence-electron chi connectivity index (χ3n) is 2.33. The van der Waals surface area contributed by atoms with Gasteiger partial charge in [0.2, 0.25) is 21.8 Å². The number of hydrogen-bond donors (Lipinski definition) is 2. The molecule has 9 heteroatoms. The molecule has 1 fully saturated rings. The van der Waals surface area contributed by atoms with Crippen LogP contribution in [0.25, 0.3) is 0 Å². The first-order valence-corrected chi connectivity index (χ1v) is 6.81. The van der Waals surface area contributed by atoms with Gasteiger partial charge < -0.3 is 5.73 Å². The van der Waals surface area contributed by atoms with E-state index in [9.17, 15) is 18.0 Å². The van der Waals surface area contributed by atoms with Gasteiger partial charge in [-0.05, 0) is 6.42 Å². The Balaban J connectivity index is 3.01. The van der Waals surface area contributed by atoms with E-state index in [-0.39, 0.29) is 24.5 Å². The number of nitrogens with one attached hydrogen (secondary N) is 1. The highest BCUT2D eigenvalue weighted by atomic mass is 32.2. The molecule has 1 heterocycles. The van der Waals surface area contributed by atoms with Crippen molar-refractivity contribution in [1.82, 2.24) is 9.62 Å². The van der Waals surface area contributed by atoms with E-state index in [1.165, 1.54) is 0 Å². The average Bonchev–Trinajstić information content (AvgIpc) is 2.15. The highest BCUT2D eigenvalue weighted by molar-refractivity contribution is 7.92. The Labute approximate surface area is 104 Å². The molecular weight excluding hydrogens is 266 g/mol. The van der Waals surface area contributed by atoms with E-state index in [0.29, 0.717) is 0 Å². The summed E-state index contributed by atoms with van der Waals surface area (Å²) in [6.45, 7) is 0.855. The van der Waals surface area contributed by atoms with Gasteiger partial charge in [0.25, 0.3) is 0 Å². The summed E-state index contributed by atoms with van der Waals surface area (Å²) in [7, 11) is -3.85. The quantitative estimate of drug-likeness (QED) is 0.471. The van der Waals surface area contributed by atoms with Crippen molar-refractivity contribution in [3.8, 4) is 0 Å². The zero-order valence-corrected chi connectivity index (χ0v) is 10.8. The van der Waals surface area contributed by atoms with Crippen LogP contribution in [0, 0.1) is 0 Å². The lowest BCUT2D eigenvalue weighted by Gasteiger charge is -2.28. The summed E-state index contributed by atoms with van der Waals surface area (Å²) in [5.74, 6) is -1.30. The summed E-state index contributed by atoms with van der Waals surface area (Å²) in [5, 5.41) is 0.974. The molecule has 1 aliphatic heterocycles. The minimum Gasteiger partial charge on any atom is -0.392 e. The van der Waals surface area contributed by atoms with Crippen molar-refractivity contribution in [3.05, 3.63) is 0 Å². The number of sulfonamides is 1. The SMILES string of the molecule is CCC(C(N)=S)S(=O)(=O)N1CC(=O)NC(=O)C1. The number of hydrogen-bond acceptors (Lipinski definition) is 5. The van der Waals surface area contributed by atoms with Crippen LogP contribution in [0.4, 0.5) is 0 Å². The molecule has 1 aliphatic rings. The number of nitrogens with zero attached hydrogens (tertiary/aromatic N) is 1. The minimum atomic E-state index is -3.85. The number of carbonyl (C=O) groups excluding carboxylic acids is 2. The molecule has 0 aromatic heterocycles. The number of thiocarbonyl (C=S) groups is 1. The van der Waals surface area contributed by atoms with Crippen LogP contribution in [0.3, 0.4) is 0 Å². The molecule has 3 N–H and O–H groups in total. The normalized spacial score (nSPS) is 19.8. The first-order chi connectivity index (χ1) is 7.78. The molecule has 2 amide bonds. The van der Waals surface area contributed by atoms with Gasteiger partial charge in [-0.2, -0.15) is 4.31 Å². The van der Waals surface area contributed by atoms with Gasteiger partial charge in [0, 0.05) is 0 Å². The Kier molecular flexibility index (Phi) is 4.17. The number of carbonyl (C=O) groups is 2. The largest absolute Gasteiger partial charge is 0.392 e. The van der Waals surface area contributed by atoms with Crippen LogP contribution in [-0.4, -0.2) is 47.9 Å². The molecule has 0 aromatic carbocycles. The Morgan fingerprint density at radius 2 is 1.94 bits per heavy atom. The zero-order valence-electron chi connectivity index (χ0n) is 9.17. The Bertz CT molecular complexity index is 443. The standard InChI is InChI=1S/C8H13N3O4S2/c1-2-5(8(9)16)17(14,15)11-3-6(12)10-7(13)4-11/h5H,2-4H2,1H3,(H2,9,16)(H,10,12,13). The maximum absolute atomic E-state index is 12.1. The van der Waals surface area contributed by atoms with Crippen molar-refractivity contribution in [2.75, 3.05) is 13.1 Å². The van der Waals surface area contributed by atoms with Gasteiger partial charge in [0.1, 0.15) is 5.25 Å². The predicted octanol–water partition coefficient (Wildman–Crippen LogP) is -1.66. The van der Waals surface area contributed by atoms with Crippen molar-refractivity contribution < 1.29 is 18.0 Å². The molecule has 0 aliphatic carbocycles. The van der Waals surface area contributed by atoms with Gasteiger partial charge in [-0.15, -0.1) is 0 Å². The minimum absolute atomic E-state index is 0.161. The molecule has 1 unspecified atom stereocenters. The highest BCUT2D eigenvalue weighted by Crippen LogP contribution is 2.14. The highest BCUT2D eigenvalue weighted by Gasteiger charge is 2.37. The van der Waals surface area contributed by atoms with Crippen molar-refractivity contribution in [2.45, 2.75) is 18.6 Å². The predicted molar refractivity (Wildman–Crippen MR) is 64.5 cm³/mol. The first kappa shape index (κ1) is 14.0.